The van der Waals surface area contributed by atoms with E-state index in [0.29, 0.717) is 12.3 Å². The summed E-state index contributed by atoms with van der Waals surface area (Å²) in [6.45, 7) is 1.52. The topological polar surface area (TPSA) is 57.6 Å². The Balaban J connectivity index is 1.76. The smallest absolute Gasteiger partial charge is 0.303 e. The van der Waals surface area contributed by atoms with Gasteiger partial charge in [-0.2, -0.15) is 0 Å². The molecule has 1 aliphatic heterocycles. The second-order valence-corrected chi connectivity index (χ2v) is 5.42. The average Bonchev–Trinajstić information content (AvgIpc) is 2.46. The van der Waals surface area contributed by atoms with Crippen molar-refractivity contribution >= 4 is 11.9 Å². The second-order valence-electron chi connectivity index (χ2n) is 5.42. The predicted molar refractivity (Wildman–Crippen MR) is 76.3 cm³/mol. The molecule has 1 heterocycles. The molecule has 20 heavy (non-hydrogen) atoms. The molecule has 1 aromatic carbocycles. The highest BCUT2D eigenvalue weighted by Gasteiger charge is 2.23. The van der Waals surface area contributed by atoms with E-state index in [1.165, 1.54) is 0 Å². The van der Waals surface area contributed by atoms with Crippen molar-refractivity contribution in [2.45, 2.75) is 32.1 Å². The van der Waals surface area contributed by atoms with E-state index < -0.39 is 5.97 Å². The largest absolute Gasteiger partial charge is 0.481 e. The molecule has 0 radical (unpaired) electrons. The normalized spacial score (nSPS) is 16.1. The molecule has 0 saturated carbocycles. The monoisotopic (exact) mass is 275 g/mol. The number of nitrogens with zero attached hydrogens (tertiary/aromatic N) is 1. The number of carboxylic acids is 1. The summed E-state index contributed by atoms with van der Waals surface area (Å²) in [6.07, 6.45) is 3.28. The molecule has 108 valence electrons. The van der Waals surface area contributed by atoms with Gasteiger partial charge in [-0.3, -0.25) is 9.59 Å². The van der Waals surface area contributed by atoms with Crippen LogP contribution in [0.3, 0.4) is 0 Å². The predicted octanol–water partition coefficient (Wildman–Crippen LogP) is 2.33. The first-order valence-corrected chi connectivity index (χ1v) is 7.18. The Hall–Kier alpha value is -1.84. The van der Waals surface area contributed by atoms with Crippen LogP contribution in [-0.2, 0) is 16.0 Å². The van der Waals surface area contributed by atoms with Crippen molar-refractivity contribution in [2.75, 3.05) is 13.1 Å². The van der Waals surface area contributed by atoms with E-state index in [-0.39, 0.29) is 12.3 Å². The van der Waals surface area contributed by atoms with Crippen LogP contribution in [0.25, 0.3) is 0 Å². The third-order valence-corrected chi connectivity index (χ3v) is 3.93. The minimum absolute atomic E-state index is 0.174. The molecule has 0 unspecified atom stereocenters. The highest BCUT2D eigenvalue weighted by Crippen LogP contribution is 2.22. The summed E-state index contributed by atoms with van der Waals surface area (Å²) < 4.78 is 0. The van der Waals surface area contributed by atoms with Gasteiger partial charge in [0.05, 0.1) is 6.42 Å². The molecule has 2 rings (SSSR count). The van der Waals surface area contributed by atoms with Crippen LogP contribution in [0.5, 0.6) is 0 Å². The van der Waals surface area contributed by atoms with Crippen molar-refractivity contribution in [2.24, 2.45) is 5.92 Å². The number of rotatable bonds is 5. The number of aliphatic carboxylic acids is 1. The van der Waals surface area contributed by atoms with Gasteiger partial charge in [0.25, 0.3) is 0 Å². The Kier molecular flexibility index (Phi) is 5.16. The molecule has 1 amide bonds. The standard InChI is InChI=1S/C16H21NO3/c18-15(12-14-4-2-1-3-5-14)17-10-8-13(9-11-17)6-7-16(19)20/h1-5,13H,6-12H2,(H,19,20). The van der Waals surface area contributed by atoms with E-state index in [9.17, 15) is 9.59 Å². The highest BCUT2D eigenvalue weighted by atomic mass is 16.4. The molecule has 0 aliphatic carbocycles. The minimum Gasteiger partial charge on any atom is -0.481 e. The number of benzene rings is 1. The van der Waals surface area contributed by atoms with Gasteiger partial charge in [0.2, 0.25) is 5.91 Å². The zero-order chi connectivity index (χ0) is 14.4. The lowest BCUT2D eigenvalue weighted by Gasteiger charge is -2.32. The number of amides is 1. The van der Waals surface area contributed by atoms with E-state index in [0.717, 1.165) is 37.9 Å². The van der Waals surface area contributed by atoms with Crippen molar-refractivity contribution in [3.8, 4) is 0 Å². The van der Waals surface area contributed by atoms with Crippen LogP contribution >= 0.6 is 0 Å². The van der Waals surface area contributed by atoms with Crippen LogP contribution in [0, 0.1) is 5.92 Å². The van der Waals surface area contributed by atoms with Crippen molar-refractivity contribution < 1.29 is 14.7 Å². The first kappa shape index (κ1) is 14.6. The van der Waals surface area contributed by atoms with Crippen LogP contribution in [0.15, 0.2) is 30.3 Å². The Morgan fingerprint density at radius 3 is 2.40 bits per heavy atom. The number of hydrogen-bond acceptors (Lipinski definition) is 2. The first-order chi connectivity index (χ1) is 9.65. The average molecular weight is 275 g/mol. The van der Waals surface area contributed by atoms with Gasteiger partial charge in [-0.05, 0) is 30.7 Å². The van der Waals surface area contributed by atoms with Crippen molar-refractivity contribution in [3.63, 3.8) is 0 Å². The molecule has 1 aromatic rings. The van der Waals surface area contributed by atoms with Gasteiger partial charge in [0, 0.05) is 19.5 Å². The van der Waals surface area contributed by atoms with Crippen LogP contribution in [0.4, 0.5) is 0 Å². The molecule has 1 saturated heterocycles. The lowest BCUT2D eigenvalue weighted by atomic mass is 9.92. The van der Waals surface area contributed by atoms with Gasteiger partial charge < -0.3 is 10.0 Å². The molecule has 1 aliphatic rings. The van der Waals surface area contributed by atoms with Gasteiger partial charge in [0.1, 0.15) is 0 Å². The number of hydrogen-bond donors (Lipinski definition) is 1. The fourth-order valence-electron chi connectivity index (χ4n) is 2.68. The van der Waals surface area contributed by atoms with Crippen molar-refractivity contribution in [3.05, 3.63) is 35.9 Å². The van der Waals surface area contributed by atoms with Crippen LogP contribution in [0.1, 0.15) is 31.2 Å². The van der Waals surface area contributed by atoms with E-state index in [2.05, 4.69) is 0 Å². The van der Waals surface area contributed by atoms with Gasteiger partial charge in [-0.25, -0.2) is 0 Å². The van der Waals surface area contributed by atoms with E-state index in [1.54, 1.807) is 0 Å². The number of carbonyl (C=O) groups is 2. The number of carboxylic acid groups (broad SMARTS) is 1. The fraction of sp³-hybridized carbons (Fsp3) is 0.500. The SMILES string of the molecule is O=C(O)CCC1CCN(C(=O)Cc2ccccc2)CC1. The maximum Gasteiger partial charge on any atom is 0.303 e. The molecule has 4 nitrogen and oxygen atoms in total. The summed E-state index contributed by atoms with van der Waals surface area (Å²) in [6, 6.07) is 9.78. The molecule has 1 fully saturated rings. The zero-order valence-electron chi connectivity index (χ0n) is 11.6. The van der Waals surface area contributed by atoms with Gasteiger partial charge in [0.15, 0.2) is 0 Å². The Labute approximate surface area is 119 Å². The number of piperidine rings is 1. The molecular weight excluding hydrogens is 254 g/mol. The minimum atomic E-state index is -0.729. The van der Waals surface area contributed by atoms with Crippen molar-refractivity contribution in [1.82, 2.24) is 4.90 Å². The molecule has 0 bridgehead atoms. The summed E-state index contributed by atoms with van der Waals surface area (Å²) in [5, 5.41) is 8.68. The molecule has 4 heteroatoms. The maximum absolute atomic E-state index is 12.2. The Morgan fingerprint density at radius 1 is 1.15 bits per heavy atom. The zero-order valence-corrected chi connectivity index (χ0v) is 11.6. The summed E-state index contributed by atoms with van der Waals surface area (Å²) >= 11 is 0. The summed E-state index contributed by atoms with van der Waals surface area (Å²) in [7, 11) is 0. The number of likely N-dealkylation sites (tertiary alicyclic amines) is 1. The maximum atomic E-state index is 12.2. The summed E-state index contributed by atoms with van der Waals surface area (Å²) in [5.41, 5.74) is 1.05. The molecule has 0 aromatic heterocycles. The molecule has 1 N–H and O–H groups in total. The van der Waals surface area contributed by atoms with E-state index in [1.807, 2.05) is 35.2 Å². The second kappa shape index (κ2) is 7.08. The van der Waals surface area contributed by atoms with Gasteiger partial charge in [-0.15, -0.1) is 0 Å². The highest BCUT2D eigenvalue weighted by molar-refractivity contribution is 5.78. The molecular formula is C16H21NO3. The first-order valence-electron chi connectivity index (χ1n) is 7.18. The van der Waals surface area contributed by atoms with E-state index >= 15 is 0 Å². The van der Waals surface area contributed by atoms with Gasteiger partial charge >= 0.3 is 5.97 Å². The van der Waals surface area contributed by atoms with Crippen LogP contribution in [0.2, 0.25) is 0 Å². The Bertz CT molecular complexity index is 450. The molecule has 0 atom stereocenters. The number of carbonyl (C=O) groups excluding carboxylic acids is 1. The molecule has 0 spiro atoms. The fourth-order valence-corrected chi connectivity index (χ4v) is 2.68. The Morgan fingerprint density at radius 2 is 1.80 bits per heavy atom. The summed E-state index contributed by atoms with van der Waals surface area (Å²) in [5.74, 6) is -0.104. The van der Waals surface area contributed by atoms with E-state index in [4.69, 9.17) is 5.11 Å². The third kappa shape index (κ3) is 4.37. The quantitative estimate of drug-likeness (QED) is 0.897. The van der Waals surface area contributed by atoms with Crippen LogP contribution < -0.4 is 0 Å². The van der Waals surface area contributed by atoms with Gasteiger partial charge in [-0.1, -0.05) is 30.3 Å². The lowest BCUT2D eigenvalue weighted by Crippen LogP contribution is -2.39. The van der Waals surface area contributed by atoms with Crippen molar-refractivity contribution in [1.29, 1.82) is 0 Å². The summed E-state index contributed by atoms with van der Waals surface area (Å²) in [4.78, 5) is 24.6. The van der Waals surface area contributed by atoms with Crippen LogP contribution in [-0.4, -0.2) is 35.0 Å². The lowest BCUT2D eigenvalue weighted by molar-refractivity contribution is -0.138. The third-order valence-electron chi connectivity index (χ3n) is 3.93.